The van der Waals surface area contributed by atoms with Gasteiger partial charge in [-0.3, -0.25) is 4.79 Å². The van der Waals surface area contributed by atoms with Crippen LogP contribution in [0.4, 0.5) is 5.13 Å². The van der Waals surface area contributed by atoms with E-state index in [2.05, 4.69) is 10.3 Å². The fraction of sp³-hybridized carbons (Fsp3) is 0.556. The van der Waals surface area contributed by atoms with Gasteiger partial charge in [0.05, 0.1) is 5.69 Å². The molecule has 1 amide bonds. The second-order valence-corrected chi connectivity index (χ2v) is 4.24. The van der Waals surface area contributed by atoms with Crippen LogP contribution in [0.25, 0.3) is 0 Å². The molecule has 0 aliphatic heterocycles. The van der Waals surface area contributed by atoms with E-state index in [-0.39, 0.29) is 12.5 Å². The van der Waals surface area contributed by atoms with Crippen LogP contribution in [-0.2, 0) is 4.79 Å². The number of amides is 1. The Labute approximate surface area is 87.0 Å². The average molecular weight is 214 g/mol. The molecular weight excluding hydrogens is 200 g/mol. The van der Waals surface area contributed by atoms with Crippen molar-refractivity contribution in [3.8, 4) is 0 Å². The number of hydrogen-bond donors (Lipinski definition) is 2. The maximum atomic E-state index is 11.2. The lowest BCUT2D eigenvalue weighted by Gasteiger charge is -1.98. The molecule has 14 heavy (non-hydrogen) atoms. The Morgan fingerprint density at radius 2 is 2.29 bits per heavy atom. The van der Waals surface area contributed by atoms with E-state index in [1.165, 1.54) is 11.3 Å². The summed E-state index contributed by atoms with van der Waals surface area (Å²) >= 11 is 1.47. The molecule has 0 bridgehead atoms. The van der Waals surface area contributed by atoms with Gasteiger partial charge < -0.3 is 10.4 Å². The van der Waals surface area contributed by atoms with Crippen molar-refractivity contribution in [2.45, 2.75) is 26.7 Å². The fourth-order valence-corrected chi connectivity index (χ4v) is 1.78. The molecule has 0 aliphatic rings. The molecular formula is C9H14N2O2S. The predicted molar refractivity (Wildman–Crippen MR) is 56.5 cm³/mol. The zero-order valence-corrected chi connectivity index (χ0v) is 9.15. The van der Waals surface area contributed by atoms with Crippen molar-refractivity contribution in [2.24, 2.45) is 0 Å². The number of nitrogens with zero attached hydrogens (tertiary/aromatic N) is 1. The molecule has 1 rings (SSSR count). The van der Waals surface area contributed by atoms with Gasteiger partial charge in [-0.25, -0.2) is 4.98 Å². The summed E-state index contributed by atoms with van der Waals surface area (Å²) in [5.74, 6) is -0.0900. The van der Waals surface area contributed by atoms with Crippen LogP contribution in [0, 0.1) is 13.8 Å². The van der Waals surface area contributed by atoms with Crippen LogP contribution in [0.5, 0.6) is 0 Å². The van der Waals surface area contributed by atoms with Crippen LogP contribution in [0.2, 0.25) is 0 Å². The van der Waals surface area contributed by atoms with E-state index in [0.29, 0.717) is 18.0 Å². The second kappa shape index (κ2) is 5.07. The van der Waals surface area contributed by atoms with Gasteiger partial charge in [0.2, 0.25) is 5.91 Å². The predicted octanol–water partition coefficient (Wildman–Crippen LogP) is 1.47. The molecule has 0 fully saturated rings. The zero-order chi connectivity index (χ0) is 10.6. The first kappa shape index (κ1) is 11.1. The monoisotopic (exact) mass is 214 g/mol. The molecule has 0 saturated heterocycles. The van der Waals surface area contributed by atoms with Crippen LogP contribution in [0.3, 0.4) is 0 Å². The molecule has 2 N–H and O–H groups in total. The van der Waals surface area contributed by atoms with Crippen LogP contribution in [0.15, 0.2) is 0 Å². The summed E-state index contributed by atoms with van der Waals surface area (Å²) in [4.78, 5) is 16.5. The first-order valence-corrected chi connectivity index (χ1v) is 5.30. The van der Waals surface area contributed by atoms with E-state index in [9.17, 15) is 4.79 Å². The first-order valence-electron chi connectivity index (χ1n) is 4.48. The smallest absolute Gasteiger partial charge is 0.226 e. The molecule has 0 aromatic carbocycles. The molecule has 4 nitrogen and oxygen atoms in total. The highest BCUT2D eigenvalue weighted by molar-refractivity contribution is 7.15. The molecule has 78 valence electrons. The van der Waals surface area contributed by atoms with Crippen LogP contribution >= 0.6 is 11.3 Å². The van der Waals surface area contributed by atoms with E-state index in [1.54, 1.807) is 0 Å². The summed E-state index contributed by atoms with van der Waals surface area (Å²) in [6.45, 7) is 3.93. The first-order chi connectivity index (χ1) is 6.63. The fourth-order valence-electron chi connectivity index (χ4n) is 0.948. The molecule has 0 saturated carbocycles. The van der Waals surface area contributed by atoms with Gasteiger partial charge in [-0.05, 0) is 20.3 Å². The van der Waals surface area contributed by atoms with Gasteiger partial charge in [0.1, 0.15) is 0 Å². The van der Waals surface area contributed by atoms with Gasteiger partial charge in [0, 0.05) is 17.9 Å². The largest absolute Gasteiger partial charge is 0.396 e. The number of aromatic nitrogens is 1. The van der Waals surface area contributed by atoms with Gasteiger partial charge in [-0.2, -0.15) is 0 Å². The van der Waals surface area contributed by atoms with Gasteiger partial charge >= 0.3 is 0 Å². The standard InChI is InChI=1S/C9H14N2O2S/c1-6-7(2)14-9(10-6)11-8(13)4-3-5-12/h12H,3-5H2,1-2H3,(H,10,11,13). The lowest BCUT2D eigenvalue weighted by atomic mass is 10.3. The van der Waals surface area contributed by atoms with Crippen molar-refractivity contribution in [3.63, 3.8) is 0 Å². The van der Waals surface area contributed by atoms with Gasteiger partial charge in [0.15, 0.2) is 5.13 Å². The highest BCUT2D eigenvalue weighted by Gasteiger charge is 2.06. The molecule has 0 aliphatic carbocycles. The van der Waals surface area contributed by atoms with Crippen molar-refractivity contribution < 1.29 is 9.90 Å². The van der Waals surface area contributed by atoms with Crippen LogP contribution in [-0.4, -0.2) is 22.6 Å². The molecule has 5 heteroatoms. The Morgan fingerprint density at radius 3 is 2.79 bits per heavy atom. The molecule has 1 heterocycles. The van der Waals surface area contributed by atoms with Crippen molar-refractivity contribution >= 4 is 22.4 Å². The van der Waals surface area contributed by atoms with Crippen molar-refractivity contribution in [1.29, 1.82) is 0 Å². The Hall–Kier alpha value is -0.940. The van der Waals surface area contributed by atoms with Gasteiger partial charge in [-0.1, -0.05) is 0 Å². The lowest BCUT2D eigenvalue weighted by molar-refractivity contribution is -0.116. The molecule has 0 atom stereocenters. The van der Waals surface area contributed by atoms with Crippen LogP contribution in [0.1, 0.15) is 23.4 Å². The number of thiazole rings is 1. The minimum Gasteiger partial charge on any atom is -0.396 e. The van der Waals surface area contributed by atoms with Gasteiger partial charge in [-0.15, -0.1) is 11.3 Å². The summed E-state index contributed by atoms with van der Waals surface area (Å²) in [7, 11) is 0. The summed E-state index contributed by atoms with van der Waals surface area (Å²) < 4.78 is 0. The van der Waals surface area contributed by atoms with Gasteiger partial charge in [0.25, 0.3) is 0 Å². The number of aryl methyl sites for hydroxylation is 2. The Bertz CT molecular complexity index is 303. The number of aliphatic hydroxyl groups is 1. The topological polar surface area (TPSA) is 62.2 Å². The minimum atomic E-state index is -0.0900. The molecule has 0 spiro atoms. The number of rotatable bonds is 4. The van der Waals surface area contributed by atoms with E-state index >= 15 is 0 Å². The molecule has 0 unspecified atom stereocenters. The Kier molecular flexibility index (Phi) is 4.03. The number of nitrogens with one attached hydrogen (secondary N) is 1. The third-order valence-electron chi connectivity index (χ3n) is 1.84. The highest BCUT2D eigenvalue weighted by atomic mass is 32.1. The van der Waals surface area contributed by atoms with Crippen molar-refractivity contribution in [2.75, 3.05) is 11.9 Å². The molecule has 1 aromatic rings. The highest BCUT2D eigenvalue weighted by Crippen LogP contribution is 2.21. The average Bonchev–Trinajstić information content (AvgIpc) is 2.42. The quantitative estimate of drug-likeness (QED) is 0.797. The molecule has 0 radical (unpaired) electrons. The number of carbonyl (C=O) groups is 1. The van der Waals surface area contributed by atoms with E-state index in [4.69, 9.17) is 5.11 Å². The number of aliphatic hydroxyl groups excluding tert-OH is 1. The minimum absolute atomic E-state index is 0.0450. The molecule has 1 aromatic heterocycles. The summed E-state index contributed by atoms with van der Waals surface area (Å²) in [5.41, 5.74) is 0.951. The maximum absolute atomic E-state index is 11.2. The van der Waals surface area contributed by atoms with E-state index in [1.807, 2.05) is 13.8 Å². The maximum Gasteiger partial charge on any atom is 0.226 e. The summed E-state index contributed by atoms with van der Waals surface area (Å²) in [6.07, 6.45) is 0.837. The van der Waals surface area contributed by atoms with Crippen molar-refractivity contribution in [3.05, 3.63) is 10.6 Å². The number of anilines is 1. The third kappa shape index (κ3) is 3.08. The summed E-state index contributed by atoms with van der Waals surface area (Å²) in [6, 6.07) is 0. The Morgan fingerprint density at radius 1 is 1.57 bits per heavy atom. The Balaban J connectivity index is 2.48. The normalized spacial score (nSPS) is 10.2. The SMILES string of the molecule is Cc1nc(NC(=O)CCCO)sc1C. The zero-order valence-electron chi connectivity index (χ0n) is 8.33. The second-order valence-electron chi connectivity index (χ2n) is 3.04. The number of carbonyl (C=O) groups excluding carboxylic acids is 1. The van der Waals surface area contributed by atoms with Crippen molar-refractivity contribution in [1.82, 2.24) is 4.98 Å². The summed E-state index contributed by atoms with van der Waals surface area (Å²) in [5, 5.41) is 11.9. The number of hydrogen-bond acceptors (Lipinski definition) is 4. The van der Waals surface area contributed by atoms with Crippen LogP contribution < -0.4 is 5.32 Å². The van der Waals surface area contributed by atoms with E-state index < -0.39 is 0 Å². The third-order valence-corrected chi connectivity index (χ3v) is 2.83. The lowest BCUT2D eigenvalue weighted by Crippen LogP contribution is -2.11. The van der Waals surface area contributed by atoms with E-state index in [0.717, 1.165) is 10.6 Å².